The quantitative estimate of drug-likeness (QED) is 0.921. The summed E-state index contributed by atoms with van der Waals surface area (Å²) >= 11 is 3.37. The van der Waals surface area contributed by atoms with Crippen LogP contribution in [0.25, 0.3) is 0 Å². The Hall–Kier alpha value is -0.680. The number of halogens is 1. The number of piperidine rings is 1. The molecule has 1 aromatic rings. The van der Waals surface area contributed by atoms with Crippen LogP contribution in [0.2, 0.25) is 0 Å². The minimum atomic E-state index is -0.0234. The monoisotopic (exact) mass is 339 g/mol. The van der Waals surface area contributed by atoms with Crippen molar-refractivity contribution >= 4 is 15.9 Å². The number of aromatic nitrogens is 2. The van der Waals surface area contributed by atoms with Gasteiger partial charge in [-0.25, -0.2) is 4.98 Å². The maximum absolute atomic E-state index is 12.1. The molecule has 2 unspecified atom stereocenters. The maximum atomic E-state index is 12.1. The summed E-state index contributed by atoms with van der Waals surface area (Å²) in [5, 5.41) is 0. The fraction of sp³-hybridized carbons (Fsp3) is 0.733. The first-order chi connectivity index (χ1) is 9.60. The molecule has 0 amide bonds. The summed E-state index contributed by atoms with van der Waals surface area (Å²) in [7, 11) is 2.23. The van der Waals surface area contributed by atoms with Gasteiger partial charge in [-0.15, -0.1) is 0 Å². The van der Waals surface area contributed by atoms with Gasteiger partial charge in [0.2, 0.25) is 0 Å². The van der Waals surface area contributed by atoms with Crippen molar-refractivity contribution in [2.75, 3.05) is 7.05 Å². The van der Waals surface area contributed by atoms with Crippen molar-refractivity contribution in [2.45, 2.75) is 63.5 Å². The number of rotatable bonds is 3. The number of aryl methyl sites for hydroxylation is 1. The number of hydrogen-bond acceptors (Lipinski definition) is 3. The molecule has 5 heteroatoms. The molecule has 1 aromatic heterocycles. The van der Waals surface area contributed by atoms with Crippen molar-refractivity contribution in [3.8, 4) is 0 Å². The van der Waals surface area contributed by atoms with E-state index in [2.05, 4.69) is 39.8 Å². The first-order valence-electron chi connectivity index (χ1n) is 7.60. The molecule has 2 aliphatic heterocycles. The molecule has 0 saturated carbocycles. The lowest BCUT2D eigenvalue weighted by atomic mass is 9.90. The topological polar surface area (TPSA) is 49.0 Å². The Balaban J connectivity index is 1.89. The summed E-state index contributed by atoms with van der Waals surface area (Å²) in [6, 6.07) is 1.34. The molecular weight excluding hydrogens is 318 g/mol. The molecule has 2 fully saturated rings. The van der Waals surface area contributed by atoms with Gasteiger partial charge in [-0.2, -0.15) is 0 Å². The number of nitrogens with zero attached hydrogens (tertiary/aromatic N) is 2. The lowest BCUT2D eigenvalue weighted by Crippen LogP contribution is -2.39. The van der Waals surface area contributed by atoms with E-state index in [1.165, 1.54) is 12.8 Å². The summed E-state index contributed by atoms with van der Waals surface area (Å²) in [6.07, 6.45) is 6.71. The smallest absolute Gasteiger partial charge is 0.265 e. The van der Waals surface area contributed by atoms with Gasteiger partial charge in [0.1, 0.15) is 10.3 Å². The zero-order valence-electron chi connectivity index (χ0n) is 12.2. The Morgan fingerprint density at radius 3 is 2.60 bits per heavy atom. The summed E-state index contributed by atoms with van der Waals surface area (Å²) in [5.41, 5.74) is 0.891. The van der Waals surface area contributed by atoms with Gasteiger partial charge >= 0.3 is 0 Å². The molecule has 0 spiro atoms. The fourth-order valence-electron chi connectivity index (χ4n) is 3.76. The van der Waals surface area contributed by atoms with Crippen molar-refractivity contribution < 1.29 is 0 Å². The first kappa shape index (κ1) is 14.3. The van der Waals surface area contributed by atoms with Crippen LogP contribution >= 0.6 is 15.9 Å². The van der Waals surface area contributed by atoms with E-state index in [1.54, 1.807) is 0 Å². The molecule has 2 aliphatic rings. The van der Waals surface area contributed by atoms with Gasteiger partial charge in [0.05, 0.1) is 5.69 Å². The van der Waals surface area contributed by atoms with Crippen LogP contribution in [0.1, 0.15) is 56.5 Å². The highest BCUT2D eigenvalue weighted by molar-refractivity contribution is 9.10. The zero-order valence-corrected chi connectivity index (χ0v) is 13.7. The average molecular weight is 340 g/mol. The van der Waals surface area contributed by atoms with E-state index < -0.39 is 0 Å². The van der Waals surface area contributed by atoms with E-state index in [-0.39, 0.29) is 5.56 Å². The standard InChI is InChI=1S/C15H22BrN3O/c1-3-4-12-13(16)15(20)18-14(17-12)9-7-10-5-6-11(8-9)19(10)2/h9-11H,3-8H2,1-2H3,(H,17,18,20). The van der Waals surface area contributed by atoms with E-state index in [4.69, 9.17) is 4.98 Å². The van der Waals surface area contributed by atoms with E-state index in [0.29, 0.717) is 22.5 Å². The van der Waals surface area contributed by atoms with E-state index in [0.717, 1.165) is 37.2 Å². The fourth-order valence-corrected chi connectivity index (χ4v) is 4.14. The van der Waals surface area contributed by atoms with Crippen LogP contribution in [0.4, 0.5) is 0 Å². The summed E-state index contributed by atoms with van der Waals surface area (Å²) < 4.78 is 0.610. The largest absolute Gasteiger partial charge is 0.309 e. The zero-order chi connectivity index (χ0) is 14.3. The highest BCUT2D eigenvalue weighted by Crippen LogP contribution is 2.41. The third-order valence-corrected chi connectivity index (χ3v) is 5.74. The second-order valence-electron chi connectivity index (χ2n) is 6.18. The van der Waals surface area contributed by atoms with Gasteiger partial charge in [0.25, 0.3) is 5.56 Å². The van der Waals surface area contributed by atoms with Gasteiger partial charge < -0.3 is 9.88 Å². The number of aromatic amines is 1. The molecule has 0 aliphatic carbocycles. The van der Waals surface area contributed by atoms with Gasteiger partial charge in [0, 0.05) is 18.0 Å². The number of H-pyrrole nitrogens is 1. The van der Waals surface area contributed by atoms with E-state index in [1.807, 2.05) is 0 Å². The predicted octanol–water partition coefficient (Wildman–Crippen LogP) is 2.83. The van der Waals surface area contributed by atoms with Crippen molar-refractivity contribution in [3.63, 3.8) is 0 Å². The summed E-state index contributed by atoms with van der Waals surface area (Å²) in [5.74, 6) is 1.33. The molecule has 0 aromatic carbocycles. The Kier molecular flexibility index (Phi) is 4.00. The van der Waals surface area contributed by atoms with Gasteiger partial charge in [-0.05, 0) is 55.1 Å². The molecule has 4 nitrogen and oxygen atoms in total. The Morgan fingerprint density at radius 1 is 1.35 bits per heavy atom. The second-order valence-corrected chi connectivity index (χ2v) is 6.97. The summed E-state index contributed by atoms with van der Waals surface area (Å²) in [6.45, 7) is 2.12. The number of hydrogen-bond donors (Lipinski definition) is 1. The van der Waals surface area contributed by atoms with E-state index >= 15 is 0 Å². The number of fused-ring (bicyclic) bond motifs is 2. The third-order valence-electron chi connectivity index (χ3n) is 4.92. The third kappa shape index (κ3) is 2.46. The highest BCUT2D eigenvalue weighted by Gasteiger charge is 2.39. The van der Waals surface area contributed by atoms with Gasteiger partial charge in [-0.3, -0.25) is 4.79 Å². The average Bonchev–Trinajstić information content (AvgIpc) is 2.66. The molecule has 3 heterocycles. The molecule has 2 atom stereocenters. The van der Waals surface area contributed by atoms with E-state index in [9.17, 15) is 4.79 Å². The Bertz CT molecular complexity index is 543. The molecule has 2 bridgehead atoms. The first-order valence-corrected chi connectivity index (χ1v) is 8.40. The van der Waals surface area contributed by atoms with Crippen LogP contribution in [0.3, 0.4) is 0 Å². The molecule has 1 N–H and O–H groups in total. The van der Waals surface area contributed by atoms with Crippen LogP contribution in [-0.4, -0.2) is 34.0 Å². The Morgan fingerprint density at radius 2 is 2.00 bits per heavy atom. The highest BCUT2D eigenvalue weighted by atomic mass is 79.9. The maximum Gasteiger partial charge on any atom is 0.265 e. The van der Waals surface area contributed by atoms with Crippen LogP contribution in [-0.2, 0) is 6.42 Å². The molecule has 2 saturated heterocycles. The van der Waals surface area contributed by atoms with Crippen molar-refractivity contribution in [1.29, 1.82) is 0 Å². The van der Waals surface area contributed by atoms with Crippen LogP contribution < -0.4 is 5.56 Å². The van der Waals surface area contributed by atoms with Crippen LogP contribution in [0.15, 0.2) is 9.27 Å². The normalized spacial score (nSPS) is 29.9. The minimum absolute atomic E-state index is 0.0234. The van der Waals surface area contributed by atoms with Gasteiger partial charge in [0.15, 0.2) is 0 Å². The molecule has 0 radical (unpaired) electrons. The number of nitrogens with one attached hydrogen (secondary N) is 1. The molecule has 110 valence electrons. The predicted molar refractivity (Wildman–Crippen MR) is 83.1 cm³/mol. The minimum Gasteiger partial charge on any atom is -0.309 e. The van der Waals surface area contributed by atoms with Crippen molar-refractivity contribution in [1.82, 2.24) is 14.9 Å². The van der Waals surface area contributed by atoms with Crippen molar-refractivity contribution in [3.05, 3.63) is 26.3 Å². The molecular formula is C15H22BrN3O. The van der Waals surface area contributed by atoms with Crippen molar-refractivity contribution in [2.24, 2.45) is 0 Å². The Labute approximate surface area is 128 Å². The van der Waals surface area contributed by atoms with Crippen LogP contribution in [0, 0.1) is 0 Å². The second kappa shape index (κ2) is 5.60. The lowest BCUT2D eigenvalue weighted by molar-refractivity contribution is 0.158. The summed E-state index contributed by atoms with van der Waals surface area (Å²) in [4.78, 5) is 22.3. The van der Waals surface area contributed by atoms with Crippen LogP contribution in [0.5, 0.6) is 0 Å². The lowest BCUT2D eigenvalue weighted by Gasteiger charge is -2.35. The molecule has 20 heavy (non-hydrogen) atoms. The SMILES string of the molecule is CCCc1nc(C2CC3CCC(C2)N3C)[nH]c(=O)c1Br. The molecule has 3 rings (SSSR count). The van der Waals surface area contributed by atoms with Gasteiger partial charge in [-0.1, -0.05) is 13.3 Å².